The molecule has 110 valence electrons. The number of likely N-dealkylation sites (tertiary alicyclic amines) is 2. The van der Waals surface area contributed by atoms with Gasteiger partial charge in [0, 0.05) is 50.0 Å². The number of hydrogen-bond acceptors (Lipinski definition) is 4. The molecule has 2 aliphatic heterocycles. The molecule has 6 heteroatoms. The number of thiazole rings is 1. The van der Waals surface area contributed by atoms with Crippen molar-refractivity contribution in [2.45, 2.75) is 6.54 Å². The van der Waals surface area contributed by atoms with Crippen LogP contribution in [0.1, 0.15) is 16.2 Å². The predicted molar refractivity (Wildman–Crippen MR) is 81.1 cm³/mol. The minimum absolute atomic E-state index is 0.0987. The van der Waals surface area contributed by atoms with Gasteiger partial charge in [-0.3, -0.25) is 9.69 Å². The summed E-state index contributed by atoms with van der Waals surface area (Å²) in [5.74, 6) is 1.33. The number of H-pyrrole nitrogens is 1. The molecule has 0 bridgehead atoms. The molecule has 2 fully saturated rings. The lowest BCUT2D eigenvalue weighted by atomic mass is 10.0. The van der Waals surface area contributed by atoms with E-state index in [9.17, 15) is 4.79 Å². The number of aromatic amines is 1. The number of nitrogens with zero attached hydrogens (tertiary/aromatic N) is 3. The van der Waals surface area contributed by atoms with Gasteiger partial charge in [-0.1, -0.05) is 0 Å². The van der Waals surface area contributed by atoms with Gasteiger partial charge >= 0.3 is 0 Å². The first-order valence-corrected chi connectivity index (χ1v) is 8.26. The Morgan fingerprint density at radius 1 is 1.33 bits per heavy atom. The standard InChI is InChI=1S/C15H18N4OS/c20-15(14-9-21-10-17-14)19-6-11-4-18(5-12(11)7-19)8-13-2-1-3-16-13/h1-3,9-12,16H,4-8H2. The number of rotatable bonds is 3. The van der Waals surface area contributed by atoms with Gasteiger partial charge in [0.05, 0.1) is 5.51 Å². The molecule has 2 atom stereocenters. The van der Waals surface area contributed by atoms with Crippen LogP contribution in [0.15, 0.2) is 29.2 Å². The summed E-state index contributed by atoms with van der Waals surface area (Å²) in [6, 6.07) is 4.17. The van der Waals surface area contributed by atoms with E-state index in [1.807, 2.05) is 22.5 Å². The summed E-state index contributed by atoms with van der Waals surface area (Å²) in [6.45, 7) is 4.92. The van der Waals surface area contributed by atoms with Gasteiger partial charge < -0.3 is 9.88 Å². The lowest BCUT2D eigenvalue weighted by Crippen LogP contribution is -2.33. The van der Waals surface area contributed by atoms with E-state index in [-0.39, 0.29) is 5.91 Å². The van der Waals surface area contributed by atoms with E-state index in [4.69, 9.17) is 0 Å². The van der Waals surface area contributed by atoms with Crippen LogP contribution in [0, 0.1) is 11.8 Å². The molecular formula is C15H18N4OS. The first kappa shape index (κ1) is 13.0. The fraction of sp³-hybridized carbons (Fsp3) is 0.467. The molecule has 0 spiro atoms. The van der Waals surface area contributed by atoms with Gasteiger partial charge in [-0.25, -0.2) is 4.98 Å². The average Bonchev–Trinajstić information content (AvgIpc) is 3.23. The molecule has 2 saturated heterocycles. The van der Waals surface area contributed by atoms with E-state index in [0.717, 1.165) is 32.7 Å². The molecule has 2 aromatic rings. The highest BCUT2D eigenvalue weighted by atomic mass is 32.1. The molecule has 0 saturated carbocycles. The Balaban J connectivity index is 1.36. The van der Waals surface area contributed by atoms with E-state index in [2.05, 4.69) is 20.9 Å². The molecule has 0 radical (unpaired) electrons. The third-order valence-electron chi connectivity index (χ3n) is 4.56. The zero-order chi connectivity index (χ0) is 14.2. The summed E-state index contributed by atoms with van der Waals surface area (Å²) in [5.41, 5.74) is 3.59. The molecule has 2 unspecified atom stereocenters. The van der Waals surface area contributed by atoms with Crippen molar-refractivity contribution in [3.8, 4) is 0 Å². The number of carbonyl (C=O) groups excluding carboxylic acids is 1. The molecule has 5 nitrogen and oxygen atoms in total. The Bertz CT molecular complexity index is 596. The molecule has 0 aliphatic carbocycles. The zero-order valence-corrected chi connectivity index (χ0v) is 12.6. The molecule has 1 N–H and O–H groups in total. The maximum Gasteiger partial charge on any atom is 0.273 e. The van der Waals surface area contributed by atoms with Gasteiger partial charge in [0.1, 0.15) is 5.69 Å². The molecule has 1 amide bonds. The molecule has 0 aromatic carbocycles. The molecule has 2 aliphatic rings. The first-order valence-electron chi connectivity index (χ1n) is 7.31. The summed E-state index contributed by atoms with van der Waals surface area (Å²) in [4.78, 5) is 24.2. The highest BCUT2D eigenvalue weighted by Gasteiger charge is 2.41. The summed E-state index contributed by atoms with van der Waals surface area (Å²) in [7, 11) is 0. The van der Waals surface area contributed by atoms with Crippen LogP contribution in [-0.4, -0.2) is 51.9 Å². The van der Waals surface area contributed by atoms with Crippen LogP contribution in [0.4, 0.5) is 0 Å². The minimum atomic E-state index is 0.0987. The fourth-order valence-electron chi connectivity index (χ4n) is 3.57. The van der Waals surface area contributed by atoms with Crippen molar-refractivity contribution in [3.05, 3.63) is 40.6 Å². The number of carbonyl (C=O) groups is 1. The number of fused-ring (bicyclic) bond motifs is 1. The van der Waals surface area contributed by atoms with Crippen LogP contribution in [-0.2, 0) is 6.54 Å². The van der Waals surface area contributed by atoms with Crippen LogP contribution < -0.4 is 0 Å². The minimum Gasteiger partial charge on any atom is -0.364 e. The van der Waals surface area contributed by atoms with E-state index >= 15 is 0 Å². The van der Waals surface area contributed by atoms with Crippen molar-refractivity contribution in [1.29, 1.82) is 0 Å². The Hall–Kier alpha value is -1.66. The second-order valence-corrected chi connectivity index (χ2v) is 6.71. The van der Waals surface area contributed by atoms with Crippen molar-refractivity contribution in [2.75, 3.05) is 26.2 Å². The number of hydrogen-bond donors (Lipinski definition) is 1. The normalized spacial score (nSPS) is 25.4. The van der Waals surface area contributed by atoms with Crippen LogP contribution in [0.25, 0.3) is 0 Å². The highest BCUT2D eigenvalue weighted by Crippen LogP contribution is 2.32. The maximum atomic E-state index is 12.3. The van der Waals surface area contributed by atoms with Crippen molar-refractivity contribution < 1.29 is 4.79 Å². The summed E-state index contributed by atoms with van der Waals surface area (Å²) >= 11 is 1.48. The van der Waals surface area contributed by atoms with Crippen molar-refractivity contribution in [3.63, 3.8) is 0 Å². The Morgan fingerprint density at radius 3 is 2.76 bits per heavy atom. The first-order chi connectivity index (χ1) is 10.3. The van der Waals surface area contributed by atoms with Crippen molar-refractivity contribution >= 4 is 17.2 Å². The lowest BCUT2D eigenvalue weighted by Gasteiger charge is -2.20. The Labute approximate surface area is 127 Å². The SMILES string of the molecule is O=C(c1cscn1)N1CC2CN(Cc3ccc[nH]3)CC2C1. The van der Waals surface area contributed by atoms with Crippen molar-refractivity contribution in [1.82, 2.24) is 19.8 Å². The van der Waals surface area contributed by atoms with Gasteiger partial charge in [0.15, 0.2) is 0 Å². The number of amides is 1. The summed E-state index contributed by atoms with van der Waals surface area (Å²) in [5, 5.41) is 1.84. The smallest absolute Gasteiger partial charge is 0.273 e. The number of aromatic nitrogens is 2. The van der Waals surface area contributed by atoms with Gasteiger partial charge in [0.25, 0.3) is 5.91 Å². The largest absolute Gasteiger partial charge is 0.364 e. The Morgan fingerprint density at radius 2 is 2.14 bits per heavy atom. The zero-order valence-electron chi connectivity index (χ0n) is 11.7. The predicted octanol–water partition coefficient (Wildman–Crippen LogP) is 1.68. The third kappa shape index (κ3) is 2.49. The van der Waals surface area contributed by atoms with Gasteiger partial charge in [-0.2, -0.15) is 0 Å². The Kier molecular flexibility index (Phi) is 3.27. The average molecular weight is 302 g/mol. The van der Waals surface area contributed by atoms with E-state index in [1.165, 1.54) is 17.0 Å². The fourth-order valence-corrected chi connectivity index (χ4v) is 4.10. The lowest BCUT2D eigenvalue weighted by molar-refractivity contribution is 0.0768. The molecule has 4 rings (SSSR count). The van der Waals surface area contributed by atoms with Crippen molar-refractivity contribution in [2.24, 2.45) is 11.8 Å². The van der Waals surface area contributed by atoms with E-state index in [1.54, 1.807) is 5.51 Å². The highest BCUT2D eigenvalue weighted by molar-refractivity contribution is 7.07. The third-order valence-corrected chi connectivity index (χ3v) is 5.14. The van der Waals surface area contributed by atoms with Crippen LogP contribution in [0.5, 0.6) is 0 Å². The topological polar surface area (TPSA) is 52.2 Å². The molecular weight excluding hydrogens is 284 g/mol. The van der Waals surface area contributed by atoms with Gasteiger partial charge in [0.2, 0.25) is 0 Å². The second kappa shape index (κ2) is 5.27. The molecule has 4 heterocycles. The van der Waals surface area contributed by atoms with E-state index in [0.29, 0.717) is 17.5 Å². The summed E-state index contributed by atoms with van der Waals surface area (Å²) in [6.07, 6.45) is 1.97. The van der Waals surface area contributed by atoms with Gasteiger partial charge in [-0.05, 0) is 24.0 Å². The monoisotopic (exact) mass is 302 g/mol. The quantitative estimate of drug-likeness (QED) is 0.938. The van der Waals surface area contributed by atoms with Gasteiger partial charge in [-0.15, -0.1) is 11.3 Å². The maximum absolute atomic E-state index is 12.3. The van der Waals surface area contributed by atoms with Crippen LogP contribution >= 0.6 is 11.3 Å². The van der Waals surface area contributed by atoms with Crippen LogP contribution in [0.3, 0.4) is 0 Å². The molecule has 21 heavy (non-hydrogen) atoms. The van der Waals surface area contributed by atoms with E-state index < -0.39 is 0 Å². The molecule has 2 aromatic heterocycles. The van der Waals surface area contributed by atoms with Crippen LogP contribution in [0.2, 0.25) is 0 Å². The second-order valence-electron chi connectivity index (χ2n) is 5.99. The number of nitrogens with one attached hydrogen (secondary N) is 1. The summed E-state index contributed by atoms with van der Waals surface area (Å²) < 4.78 is 0.